The Bertz CT molecular complexity index is 423. The number of nitrogens with zero attached hydrogens (tertiary/aromatic N) is 1. The molecule has 0 amide bonds. The molecule has 4 heteroatoms. The van der Waals surface area contributed by atoms with Crippen LogP contribution in [0.4, 0.5) is 0 Å². The highest BCUT2D eigenvalue weighted by Crippen LogP contribution is 2.32. The van der Waals surface area contributed by atoms with Crippen molar-refractivity contribution < 1.29 is 9.47 Å². The van der Waals surface area contributed by atoms with Gasteiger partial charge in [-0.15, -0.1) is 0 Å². The monoisotopic (exact) mass is 278 g/mol. The van der Waals surface area contributed by atoms with Crippen molar-refractivity contribution in [2.45, 2.75) is 52.4 Å². The van der Waals surface area contributed by atoms with Gasteiger partial charge in [0.1, 0.15) is 5.75 Å². The second kappa shape index (κ2) is 7.04. The zero-order valence-electron chi connectivity index (χ0n) is 12.9. The van der Waals surface area contributed by atoms with Gasteiger partial charge < -0.3 is 14.8 Å². The van der Waals surface area contributed by atoms with Crippen LogP contribution in [-0.4, -0.2) is 30.3 Å². The fourth-order valence-corrected chi connectivity index (χ4v) is 2.73. The van der Waals surface area contributed by atoms with Gasteiger partial charge in [-0.1, -0.05) is 13.8 Å². The van der Waals surface area contributed by atoms with Crippen LogP contribution in [0.5, 0.6) is 5.75 Å². The van der Waals surface area contributed by atoms with Crippen LogP contribution >= 0.6 is 0 Å². The molecule has 0 radical (unpaired) electrons. The molecule has 1 aromatic heterocycles. The van der Waals surface area contributed by atoms with Gasteiger partial charge in [-0.05, 0) is 44.4 Å². The number of hydrogen-bond acceptors (Lipinski definition) is 4. The molecule has 0 bridgehead atoms. The van der Waals surface area contributed by atoms with Crippen LogP contribution in [0, 0.1) is 5.92 Å². The molecular formula is C16H26N2O2. The Labute approximate surface area is 121 Å². The summed E-state index contributed by atoms with van der Waals surface area (Å²) in [4.78, 5) is 4.32. The van der Waals surface area contributed by atoms with E-state index in [1.807, 2.05) is 20.0 Å². The summed E-state index contributed by atoms with van der Waals surface area (Å²) in [7, 11) is 0. The Morgan fingerprint density at radius 3 is 2.85 bits per heavy atom. The minimum absolute atomic E-state index is 0.159. The molecule has 112 valence electrons. The second-order valence-corrected chi connectivity index (χ2v) is 5.76. The third-order valence-corrected chi connectivity index (χ3v) is 3.66. The molecule has 20 heavy (non-hydrogen) atoms. The van der Waals surface area contributed by atoms with Crippen LogP contribution in [0.15, 0.2) is 18.5 Å². The predicted octanol–water partition coefficient (Wildman–Crippen LogP) is 2.94. The van der Waals surface area contributed by atoms with Gasteiger partial charge >= 0.3 is 0 Å². The SMILES string of the molecule is CCNC(c1cncc(OC(C)C)c1)C1OCCC1C. The summed E-state index contributed by atoms with van der Waals surface area (Å²) in [6.07, 6.45) is 5.18. The van der Waals surface area contributed by atoms with Crippen molar-refractivity contribution in [3.05, 3.63) is 24.0 Å². The summed E-state index contributed by atoms with van der Waals surface area (Å²) < 4.78 is 11.7. The van der Waals surface area contributed by atoms with Gasteiger partial charge in [-0.3, -0.25) is 4.98 Å². The van der Waals surface area contributed by atoms with Crippen molar-refractivity contribution in [3.63, 3.8) is 0 Å². The maximum Gasteiger partial charge on any atom is 0.138 e. The topological polar surface area (TPSA) is 43.4 Å². The molecule has 1 aromatic rings. The summed E-state index contributed by atoms with van der Waals surface area (Å²) in [6, 6.07) is 2.26. The standard InChI is InChI=1S/C16H26N2O2/c1-5-18-15(16-12(4)6-7-19-16)13-8-14(10-17-9-13)20-11(2)3/h8-12,15-16,18H,5-7H2,1-4H3. The zero-order chi connectivity index (χ0) is 14.5. The number of hydrogen-bond donors (Lipinski definition) is 1. The van der Waals surface area contributed by atoms with Crippen molar-refractivity contribution in [3.8, 4) is 5.75 Å². The molecule has 1 N–H and O–H groups in total. The Kier molecular flexibility index (Phi) is 5.38. The Morgan fingerprint density at radius 1 is 1.45 bits per heavy atom. The first-order valence-electron chi connectivity index (χ1n) is 7.58. The smallest absolute Gasteiger partial charge is 0.138 e. The van der Waals surface area contributed by atoms with E-state index in [4.69, 9.17) is 9.47 Å². The van der Waals surface area contributed by atoms with Crippen LogP contribution in [0.1, 0.15) is 45.7 Å². The van der Waals surface area contributed by atoms with E-state index < -0.39 is 0 Å². The van der Waals surface area contributed by atoms with Crippen LogP contribution in [0.2, 0.25) is 0 Å². The van der Waals surface area contributed by atoms with E-state index in [2.05, 4.69) is 30.2 Å². The number of likely N-dealkylation sites (N-methyl/N-ethyl adjacent to an activating group) is 1. The average molecular weight is 278 g/mol. The molecule has 1 aliphatic heterocycles. The maximum atomic E-state index is 5.92. The summed E-state index contributed by atoms with van der Waals surface area (Å²) in [6.45, 7) is 10.2. The lowest BCUT2D eigenvalue weighted by molar-refractivity contribution is 0.0610. The lowest BCUT2D eigenvalue weighted by Gasteiger charge is -2.27. The van der Waals surface area contributed by atoms with Crippen molar-refractivity contribution in [2.24, 2.45) is 5.92 Å². The van der Waals surface area contributed by atoms with Crippen molar-refractivity contribution in [1.82, 2.24) is 10.3 Å². The highest BCUT2D eigenvalue weighted by molar-refractivity contribution is 5.27. The zero-order valence-corrected chi connectivity index (χ0v) is 12.9. The van der Waals surface area contributed by atoms with E-state index in [-0.39, 0.29) is 18.2 Å². The number of pyridine rings is 1. The molecule has 0 aromatic carbocycles. The fourth-order valence-electron chi connectivity index (χ4n) is 2.73. The van der Waals surface area contributed by atoms with E-state index in [1.165, 1.54) is 0 Å². The first kappa shape index (κ1) is 15.3. The Hall–Kier alpha value is -1.13. The molecular weight excluding hydrogens is 252 g/mol. The van der Waals surface area contributed by atoms with Crippen molar-refractivity contribution in [1.29, 1.82) is 0 Å². The molecule has 0 spiro atoms. The molecule has 3 unspecified atom stereocenters. The predicted molar refractivity (Wildman–Crippen MR) is 79.9 cm³/mol. The highest BCUT2D eigenvalue weighted by Gasteiger charge is 2.32. The summed E-state index contributed by atoms with van der Waals surface area (Å²) in [5.41, 5.74) is 1.14. The minimum atomic E-state index is 0.159. The van der Waals surface area contributed by atoms with Crippen LogP contribution in [0.3, 0.4) is 0 Å². The van der Waals surface area contributed by atoms with E-state index in [0.717, 1.165) is 30.9 Å². The van der Waals surface area contributed by atoms with E-state index in [9.17, 15) is 0 Å². The summed E-state index contributed by atoms with van der Waals surface area (Å²) in [5, 5.41) is 3.53. The molecule has 0 saturated carbocycles. The first-order valence-corrected chi connectivity index (χ1v) is 7.58. The fraction of sp³-hybridized carbons (Fsp3) is 0.688. The Balaban J connectivity index is 2.20. The van der Waals surface area contributed by atoms with E-state index >= 15 is 0 Å². The van der Waals surface area contributed by atoms with Gasteiger partial charge in [0.05, 0.1) is 24.4 Å². The van der Waals surface area contributed by atoms with Crippen LogP contribution in [0.25, 0.3) is 0 Å². The first-order chi connectivity index (χ1) is 9.61. The molecule has 1 saturated heterocycles. The second-order valence-electron chi connectivity index (χ2n) is 5.76. The van der Waals surface area contributed by atoms with Crippen LogP contribution in [-0.2, 0) is 4.74 Å². The van der Waals surface area contributed by atoms with Crippen molar-refractivity contribution in [2.75, 3.05) is 13.2 Å². The average Bonchev–Trinajstić information content (AvgIpc) is 2.81. The molecule has 0 aliphatic carbocycles. The van der Waals surface area contributed by atoms with Gasteiger partial charge in [0.15, 0.2) is 0 Å². The van der Waals surface area contributed by atoms with Gasteiger partial charge in [-0.2, -0.15) is 0 Å². The number of aromatic nitrogens is 1. The lowest BCUT2D eigenvalue weighted by atomic mass is 9.93. The minimum Gasteiger partial charge on any atom is -0.489 e. The van der Waals surface area contributed by atoms with Gasteiger partial charge in [0, 0.05) is 12.8 Å². The third kappa shape index (κ3) is 3.70. The quantitative estimate of drug-likeness (QED) is 0.869. The normalized spacial score (nSPS) is 24.1. The largest absolute Gasteiger partial charge is 0.489 e. The number of ether oxygens (including phenoxy) is 2. The van der Waals surface area contributed by atoms with E-state index in [1.54, 1.807) is 6.20 Å². The Morgan fingerprint density at radius 2 is 2.25 bits per heavy atom. The number of nitrogens with one attached hydrogen (secondary N) is 1. The van der Waals surface area contributed by atoms with Crippen LogP contribution < -0.4 is 10.1 Å². The summed E-state index contributed by atoms with van der Waals surface area (Å²) >= 11 is 0. The molecule has 2 rings (SSSR count). The van der Waals surface area contributed by atoms with Gasteiger partial charge in [0.2, 0.25) is 0 Å². The molecule has 1 fully saturated rings. The molecule has 3 atom stereocenters. The molecule has 2 heterocycles. The third-order valence-electron chi connectivity index (χ3n) is 3.66. The number of rotatable bonds is 6. The lowest BCUT2D eigenvalue weighted by Crippen LogP contribution is -2.34. The summed E-state index contributed by atoms with van der Waals surface area (Å²) in [5.74, 6) is 1.39. The molecule has 4 nitrogen and oxygen atoms in total. The van der Waals surface area contributed by atoms with E-state index in [0.29, 0.717) is 5.92 Å². The maximum absolute atomic E-state index is 5.92. The van der Waals surface area contributed by atoms with Gasteiger partial charge in [0.25, 0.3) is 0 Å². The van der Waals surface area contributed by atoms with Crippen molar-refractivity contribution >= 4 is 0 Å². The van der Waals surface area contributed by atoms with Gasteiger partial charge in [-0.25, -0.2) is 0 Å². The molecule has 1 aliphatic rings. The highest BCUT2D eigenvalue weighted by atomic mass is 16.5.